The van der Waals surface area contributed by atoms with Gasteiger partial charge in [-0.05, 0) is 85.6 Å². The number of aromatic hydroxyl groups is 2. The Morgan fingerprint density at radius 1 is 0.362 bits per heavy atom. The van der Waals surface area contributed by atoms with Crippen molar-refractivity contribution in [1.82, 2.24) is 15.0 Å². The highest BCUT2D eigenvalue weighted by Gasteiger charge is 2.38. The van der Waals surface area contributed by atoms with Gasteiger partial charge in [0.15, 0.2) is 11.6 Å². The van der Waals surface area contributed by atoms with Crippen LogP contribution in [0.4, 0.5) is 0 Å². The molecule has 5 nitrogen and oxygen atoms in total. The molecular weight excluding hydrogens is 616 g/mol. The molecule has 1 aromatic heterocycles. The molecule has 47 heavy (non-hydrogen) atoms. The van der Waals surface area contributed by atoms with Gasteiger partial charge in [-0.25, -0.2) is 15.0 Å². The first-order chi connectivity index (χ1) is 23.1. The van der Waals surface area contributed by atoms with Gasteiger partial charge in [-0.2, -0.15) is 0 Å². The Hall–Kier alpha value is -5.21. The van der Waals surface area contributed by atoms with Crippen LogP contribution in [0.3, 0.4) is 0 Å². The molecule has 7 heteroatoms. The van der Waals surface area contributed by atoms with Crippen molar-refractivity contribution >= 4 is 37.1 Å². The Bertz CT molecular complexity index is 1820. The lowest BCUT2D eigenvalue weighted by Gasteiger charge is -2.35. The van der Waals surface area contributed by atoms with E-state index >= 15 is 0 Å². The largest absolute Gasteiger partial charge is 0.508 e. The third-order valence-electron chi connectivity index (χ3n) is 7.76. The number of aromatic nitrogens is 3. The minimum Gasteiger partial charge on any atom is -0.508 e. The summed E-state index contributed by atoms with van der Waals surface area (Å²) >= 11 is 0. The van der Waals surface area contributed by atoms with Gasteiger partial charge in [-0.3, -0.25) is 0 Å². The van der Waals surface area contributed by atoms with Crippen molar-refractivity contribution in [2.45, 2.75) is 5.40 Å². The molecule has 0 saturated carbocycles. The normalized spacial score (nSPS) is 11.3. The molecule has 0 aliphatic rings. The van der Waals surface area contributed by atoms with Crippen molar-refractivity contribution < 1.29 is 10.2 Å². The average molecular weight is 648 g/mol. The zero-order valence-corrected chi connectivity index (χ0v) is 27.2. The summed E-state index contributed by atoms with van der Waals surface area (Å²) < 4.78 is 0. The average Bonchev–Trinajstić information content (AvgIpc) is 3.13. The van der Waals surface area contributed by atoms with Crippen molar-refractivity contribution in [2.75, 3.05) is 0 Å². The van der Waals surface area contributed by atoms with Crippen molar-refractivity contribution in [2.24, 2.45) is 0 Å². The first kappa shape index (κ1) is 30.4. The van der Waals surface area contributed by atoms with Crippen molar-refractivity contribution in [3.63, 3.8) is 0 Å². The number of benzene rings is 6. The van der Waals surface area contributed by atoms with Crippen LogP contribution in [-0.2, 0) is 0 Å². The third kappa shape index (κ3) is 6.83. The Balaban J connectivity index is 1.56. The zero-order chi connectivity index (χ0) is 32.0. The van der Waals surface area contributed by atoms with Crippen LogP contribution in [0.15, 0.2) is 170 Å². The molecule has 2 N–H and O–H groups in total. The van der Waals surface area contributed by atoms with Crippen LogP contribution in [0.2, 0.25) is 0 Å². The van der Waals surface area contributed by atoms with Crippen LogP contribution < -0.4 is 21.2 Å². The summed E-state index contributed by atoms with van der Waals surface area (Å²) in [5.41, 5.74) is 1.55. The first-order valence-electron chi connectivity index (χ1n) is 15.3. The van der Waals surface area contributed by atoms with Gasteiger partial charge in [0, 0.05) is 11.1 Å². The van der Waals surface area contributed by atoms with Gasteiger partial charge >= 0.3 is 0 Å². The first-order valence-corrected chi connectivity index (χ1v) is 18.1. The standard InChI is InChI=1S/C40H31N3O2P2/c44-31-25-21-29(22-26-31)37-41-38(30-23-27-32(45)28-24-30)43-39(42-37)40(46(33-13-5-1-6-14-33)34-15-7-2-8-16-34)47(35-17-9-3-10-18-35)36-19-11-4-12-20-36/h1-28,40,44-45H. The highest BCUT2D eigenvalue weighted by Crippen LogP contribution is 2.65. The molecule has 0 aliphatic carbocycles. The van der Waals surface area contributed by atoms with Crippen LogP contribution in [0.5, 0.6) is 11.5 Å². The molecule has 7 aromatic rings. The molecule has 0 atom stereocenters. The van der Waals surface area contributed by atoms with Crippen molar-refractivity contribution in [1.29, 1.82) is 0 Å². The van der Waals surface area contributed by atoms with Crippen LogP contribution in [0.25, 0.3) is 22.8 Å². The molecule has 228 valence electrons. The van der Waals surface area contributed by atoms with Gasteiger partial charge in [0.05, 0.1) is 5.40 Å². The SMILES string of the molecule is Oc1ccc(-c2nc(-c3ccc(O)cc3)nc(C(P(c3ccccc3)c3ccccc3)P(c3ccccc3)c3ccccc3)n2)cc1. The number of hydrogen-bond donors (Lipinski definition) is 2. The van der Waals surface area contributed by atoms with Crippen LogP contribution in [0.1, 0.15) is 11.2 Å². The molecule has 0 fully saturated rings. The highest BCUT2D eigenvalue weighted by atomic mass is 31.2. The summed E-state index contributed by atoms with van der Waals surface area (Å²) in [6.45, 7) is 0. The predicted molar refractivity (Wildman–Crippen MR) is 195 cm³/mol. The van der Waals surface area contributed by atoms with E-state index in [-0.39, 0.29) is 16.9 Å². The molecule has 1 heterocycles. The summed E-state index contributed by atoms with van der Waals surface area (Å²) in [7, 11) is -2.11. The Labute approximate surface area is 276 Å². The van der Waals surface area contributed by atoms with Crippen molar-refractivity contribution in [3.05, 3.63) is 176 Å². The van der Waals surface area contributed by atoms with Gasteiger partial charge in [0.25, 0.3) is 0 Å². The quantitative estimate of drug-likeness (QED) is 0.156. The van der Waals surface area contributed by atoms with E-state index in [2.05, 4.69) is 121 Å². The van der Waals surface area contributed by atoms with Gasteiger partial charge in [-0.15, -0.1) is 0 Å². The molecule has 0 saturated heterocycles. The Morgan fingerprint density at radius 3 is 0.957 bits per heavy atom. The molecule has 6 aromatic carbocycles. The van der Waals surface area contributed by atoms with Gasteiger partial charge < -0.3 is 10.2 Å². The van der Waals surface area contributed by atoms with E-state index in [4.69, 9.17) is 15.0 Å². The van der Waals surface area contributed by atoms with Gasteiger partial charge in [-0.1, -0.05) is 121 Å². The maximum absolute atomic E-state index is 10.1. The minimum atomic E-state index is -1.05. The second kappa shape index (κ2) is 14.1. The third-order valence-corrected chi connectivity index (χ3v) is 14.0. The van der Waals surface area contributed by atoms with E-state index in [1.165, 1.54) is 21.2 Å². The van der Waals surface area contributed by atoms with E-state index < -0.39 is 15.8 Å². The van der Waals surface area contributed by atoms with Crippen LogP contribution in [0, 0.1) is 0 Å². The van der Waals surface area contributed by atoms with Gasteiger partial charge in [0.2, 0.25) is 0 Å². The van der Waals surface area contributed by atoms with Crippen LogP contribution in [-0.4, -0.2) is 25.2 Å². The molecule has 0 spiro atoms. The van der Waals surface area contributed by atoms with Crippen molar-refractivity contribution in [3.8, 4) is 34.3 Å². The summed E-state index contributed by atoms with van der Waals surface area (Å²) in [5.74, 6) is 2.09. The second-order valence-corrected chi connectivity index (χ2v) is 15.9. The fourth-order valence-corrected chi connectivity index (χ4v) is 12.5. The Kier molecular flexibility index (Phi) is 9.10. The maximum atomic E-state index is 10.1. The van der Waals surface area contributed by atoms with E-state index in [0.717, 1.165) is 11.1 Å². The number of nitrogens with zero attached hydrogens (tertiary/aromatic N) is 3. The zero-order valence-electron chi connectivity index (χ0n) is 25.4. The number of phenolic OH excluding ortho intramolecular Hbond substituents is 2. The maximum Gasteiger partial charge on any atom is 0.163 e. The number of phenols is 2. The number of hydrogen-bond acceptors (Lipinski definition) is 5. The molecule has 0 aliphatic heterocycles. The summed E-state index contributed by atoms with van der Waals surface area (Å²) in [6, 6.07) is 56.8. The fourth-order valence-electron chi connectivity index (χ4n) is 5.55. The van der Waals surface area contributed by atoms with E-state index in [1.807, 2.05) is 24.3 Å². The van der Waals surface area contributed by atoms with E-state index in [9.17, 15) is 10.2 Å². The molecule has 0 amide bonds. The topological polar surface area (TPSA) is 79.1 Å². The fraction of sp³-hybridized carbons (Fsp3) is 0.0250. The monoisotopic (exact) mass is 647 g/mol. The van der Waals surface area contributed by atoms with E-state index in [0.29, 0.717) is 17.5 Å². The van der Waals surface area contributed by atoms with Crippen LogP contribution >= 0.6 is 15.8 Å². The molecule has 0 bridgehead atoms. The smallest absolute Gasteiger partial charge is 0.163 e. The minimum absolute atomic E-state index is 0.149. The summed E-state index contributed by atoms with van der Waals surface area (Å²) in [5, 5.41) is 24.9. The lowest BCUT2D eigenvalue weighted by atomic mass is 10.2. The number of rotatable bonds is 9. The molecule has 0 radical (unpaired) electrons. The van der Waals surface area contributed by atoms with Gasteiger partial charge in [0.1, 0.15) is 17.3 Å². The summed E-state index contributed by atoms with van der Waals surface area (Å²) in [4.78, 5) is 15.6. The predicted octanol–water partition coefficient (Wildman–Crippen LogP) is 7.88. The second-order valence-electron chi connectivity index (χ2n) is 10.9. The van der Waals surface area contributed by atoms with E-state index in [1.54, 1.807) is 24.3 Å². The lowest BCUT2D eigenvalue weighted by Crippen LogP contribution is -2.24. The highest BCUT2D eigenvalue weighted by molar-refractivity contribution is 7.89. The molecular formula is C40H31N3O2P2. The Morgan fingerprint density at radius 2 is 0.660 bits per heavy atom. The molecule has 0 unspecified atom stereocenters. The summed E-state index contributed by atoms with van der Waals surface area (Å²) in [6.07, 6.45) is 0. The molecule has 7 rings (SSSR count). The lowest BCUT2D eigenvalue weighted by molar-refractivity contribution is 0.475.